The van der Waals surface area contributed by atoms with Crippen LogP contribution in [0.25, 0.3) is 0 Å². The molecule has 2 aromatic rings. The molecule has 0 bridgehead atoms. The third-order valence-corrected chi connectivity index (χ3v) is 6.57. The van der Waals surface area contributed by atoms with Crippen molar-refractivity contribution in [2.75, 3.05) is 20.3 Å². The maximum absolute atomic E-state index is 6.16. The summed E-state index contributed by atoms with van der Waals surface area (Å²) in [6, 6.07) is 2.13. The minimum atomic E-state index is 0.0661. The van der Waals surface area contributed by atoms with Crippen LogP contribution >= 0.6 is 50.2 Å². The first-order chi connectivity index (χ1) is 9.52. The molecule has 2 aromatic heterocycles. The first-order valence-electron chi connectivity index (χ1n) is 6.14. The number of rotatable bonds is 6. The minimum Gasteiger partial charge on any atom is -0.383 e. The van der Waals surface area contributed by atoms with Crippen LogP contribution < -0.4 is 5.32 Å². The van der Waals surface area contributed by atoms with Gasteiger partial charge in [-0.25, -0.2) is 4.98 Å². The number of ether oxygens (including phenoxy) is 1. The van der Waals surface area contributed by atoms with Gasteiger partial charge < -0.3 is 10.1 Å². The second kappa shape index (κ2) is 7.33. The van der Waals surface area contributed by atoms with Crippen LogP contribution in [0.4, 0.5) is 0 Å². The van der Waals surface area contributed by atoms with Gasteiger partial charge in [0.05, 0.1) is 18.3 Å². The highest BCUT2D eigenvalue weighted by molar-refractivity contribution is 9.10. The Balaban J connectivity index is 2.28. The van der Waals surface area contributed by atoms with Crippen molar-refractivity contribution in [1.82, 2.24) is 10.3 Å². The van der Waals surface area contributed by atoms with E-state index in [1.807, 2.05) is 6.92 Å². The molecule has 1 atom stereocenters. The van der Waals surface area contributed by atoms with Crippen molar-refractivity contribution < 1.29 is 4.74 Å². The van der Waals surface area contributed by atoms with Gasteiger partial charge in [-0.15, -0.1) is 22.7 Å². The van der Waals surface area contributed by atoms with Crippen LogP contribution in [0, 0.1) is 13.8 Å². The van der Waals surface area contributed by atoms with E-state index in [-0.39, 0.29) is 6.04 Å². The molecule has 2 heterocycles. The van der Waals surface area contributed by atoms with Gasteiger partial charge in [0.25, 0.3) is 0 Å². The molecule has 0 aromatic carbocycles. The quantitative estimate of drug-likeness (QED) is 0.728. The number of aromatic nitrogens is 1. The minimum absolute atomic E-state index is 0.0661. The highest BCUT2D eigenvalue weighted by Gasteiger charge is 2.21. The van der Waals surface area contributed by atoms with Crippen molar-refractivity contribution in [3.63, 3.8) is 0 Å². The van der Waals surface area contributed by atoms with Crippen molar-refractivity contribution in [1.29, 1.82) is 0 Å². The monoisotopic (exact) mass is 394 g/mol. The van der Waals surface area contributed by atoms with Crippen molar-refractivity contribution in [2.24, 2.45) is 0 Å². The molecule has 0 radical (unpaired) electrons. The van der Waals surface area contributed by atoms with E-state index in [0.29, 0.717) is 6.61 Å². The van der Waals surface area contributed by atoms with Crippen LogP contribution in [0.2, 0.25) is 4.34 Å². The molecule has 7 heteroatoms. The Bertz CT molecular complexity index is 500. The zero-order valence-corrected chi connectivity index (χ0v) is 15.5. The van der Waals surface area contributed by atoms with Gasteiger partial charge in [0.2, 0.25) is 0 Å². The first-order valence-corrected chi connectivity index (χ1v) is 8.94. The molecular formula is C13H16BrClN2OS2. The molecular weight excluding hydrogens is 380 g/mol. The van der Waals surface area contributed by atoms with Crippen molar-refractivity contribution >= 4 is 50.2 Å². The van der Waals surface area contributed by atoms with Crippen LogP contribution in [0.3, 0.4) is 0 Å². The Labute approximate surface area is 140 Å². The predicted molar refractivity (Wildman–Crippen MR) is 90.3 cm³/mol. The van der Waals surface area contributed by atoms with Gasteiger partial charge in [-0.2, -0.15) is 0 Å². The maximum Gasteiger partial charge on any atom is 0.115 e. The second-order valence-corrected chi connectivity index (χ2v) is 8.12. The average molecular weight is 396 g/mol. The molecule has 2 rings (SSSR count). The van der Waals surface area contributed by atoms with Crippen molar-refractivity contribution in [2.45, 2.75) is 19.9 Å². The van der Waals surface area contributed by atoms with Gasteiger partial charge in [-0.1, -0.05) is 11.6 Å². The third kappa shape index (κ3) is 3.81. The maximum atomic E-state index is 6.16. The summed E-state index contributed by atoms with van der Waals surface area (Å²) in [6.07, 6.45) is 0. The van der Waals surface area contributed by atoms with Crippen molar-refractivity contribution in [3.8, 4) is 0 Å². The largest absolute Gasteiger partial charge is 0.383 e. The highest BCUT2D eigenvalue weighted by atomic mass is 79.9. The number of nitrogens with zero attached hydrogens (tertiary/aromatic N) is 1. The van der Waals surface area contributed by atoms with E-state index in [9.17, 15) is 0 Å². The lowest BCUT2D eigenvalue weighted by Crippen LogP contribution is -2.25. The zero-order chi connectivity index (χ0) is 14.7. The molecule has 3 nitrogen and oxygen atoms in total. The molecule has 0 aliphatic heterocycles. The summed E-state index contributed by atoms with van der Waals surface area (Å²) >= 11 is 12.9. The van der Waals surface area contributed by atoms with Crippen LogP contribution in [0.15, 0.2) is 10.5 Å². The fourth-order valence-corrected chi connectivity index (χ4v) is 4.65. The number of nitrogens with one attached hydrogen (secondary N) is 1. The van der Waals surface area contributed by atoms with Crippen LogP contribution in [-0.4, -0.2) is 25.2 Å². The SMILES string of the molecule is COCCNC(c1cc(Br)c(Cl)s1)c1nc(C)c(C)s1. The number of aryl methyl sites for hydroxylation is 2. The normalized spacial score (nSPS) is 12.8. The average Bonchev–Trinajstić information content (AvgIpc) is 2.90. The summed E-state index contributed by atoms with van der Waals surface area (Å²) in [5.74, 6) is 0. The number of hydrogen-bond donors (Lipinski definition) is 1. The van der Waals surface area contributed by atoms with E-state index in [1.165, 1.54) is 4.88 Å². The van der Waals surface area contributed by atoms with Crippen LogP contribution in [0.5, 0.6) is 0 Å². The van der Waals surface area contributed by atoms with Crippen molar-refractivity contribution in [3.05, 3.63) is 35.3 Å². The molecule has 0 aliphatic rings. The molecule has 0 saturated carbocycles. The number of halogens is 2. The van der Waals surface area contributed by atoms with Gasteiger partial charge >= 0.3 is 0 Å². The zero-order valence-electron chi connectivity index (χ0n) is 11.5. The molecule has 1 unspecified atom stereocenters. The summed E-state index contributed by atoms with van der Waals surface area (Å²) in [7, 11) is 1.70. The summed E-state index contributed by atoms with van der Waals surface area (Å²) in [4.78, 5) is 7.08. The smallest absolute Gasteiger partial charge is 0.115 e. The fraction of sp³-hybridized carbons (Fsp3) is 0.462. The Morgan fingerprint density at radius 3 is 2.70 bits per heavy atom. The second-order valence-electron chi connectivity index (χ2n) is 4.34. The summed E-state index contributed by atoms with van der Waals surface area (Å²) in [6.45, 7) is 5.57. The molecule has 110 valence electrons. The molecule has 1 N–H and O–H groups in total. The lowest BCUT2D eigenvalue weighted by Gasteiger charge is -2.14. The Morgan fingerprint density at radius 2 is 2.20 bits per heavy atom. The van der Waals surface area contributed by atoms with E-state index < -0.39 is 0 Å². The molecule has 0 amide bonds. The molecule has 0 aliphatic carbocycles. The number of thiazole rings is 1. The van der Waals surface area contributed by atoms with Gasteiger partial charge in [0, 0.05) is 27.9 Å². The van der Waals surface area contributed by atoms with Crippen LogP contribution in [-0.2, 0) is 4.74 Å². The molecule has 0 saturated heterocycles. The van der Waals surface area contributed by atoms with Gasteiger partial charge in [-0.3, -0.25) is 0 Å². The van der Waals surface area contributed by atoms with E-state index >= 15 is 0 Å². The summed E-state index contributed by atoms with van der Waals surface area (Å²) in [5.41, 5.74) is 1.09. The Hall–Kier alpha value is 0.0200. The van der Waals surface area contributed by atoms with Crippen LogP contribution in [0.1, 0.15) is 26.5 Å². The lowest BCUT2D eigenvalue weighted by atomic mass is 10.2. The molecule has 20 heavy (non-hydrogen) atoms. The first kappa shape index (κ1) is 16.4. The Morgan fingerprint density at radius 1 is 1.45 bits per heavy atom. The van der Waals surface area contributed by atoms with E-state index in [4.69, 9.17) is 16.3 Å². The third-order valence-electron chi connectivity index (χ3n) is 2.90. The standard InChI is InChI=1S/C13H16BrClN2OS2/c1-7-8(2)19-13(17-7)11(16-4-5-18-3)10-6-9(14)12(15)20-10/h6,11,16H,4-5H2,1-3H3. The van der Waals surface area contributed by atoms with Gasteiger partial charge in [0.15, 0.2) is 0 Å². The number of thiophene rings is 1. The molecule has 0 fully saturated rings. The summed E-state index contributed by atoms with van der Waals surface area (Å²) < 4.78 is 6.81. The van der Waals surface area contributed by atoms with Gasteiger partial charge in [-0.05, 0) is 35.8 Å². The Kier molecular flexibility index (Phi) is 6.01. The highest BCUT2D eigenvalue weighted by Crippen LogP contribution is 2.38. The van der Waals surface area contributed by atoms with E-state index in [0.717, 1.165) is 30.9 Å². The topological polar surface area (TPSA) is 34.1 Å². The van der Waals surface area contributed by atoms with E-state index in [1.54, 1.807) is 29.8 Å². The molecule has 0 spiro atoms. The van der Waals surface area contributed by atoms with Gasteiger partial charge in [0.1, 0.15) is 9.34 Å². The number of methoxy groups -OCH3 is 1. The predicted octanol–water partition coefficient (Wildman–Crippen LogP) is 4.56. The summed E-state index contributed by atoms with van der Waals surface area (Å²) in [5, 5.41) is 4.56. The lowest BCUT2D eigenvalue weighted by molar-refractivity contribution is 0.197. The fourth-order valence-electron chi connectivity index (χ4n) is 1.74. The number of hydrogen-bond acceptors (Lipinski definition) is 5. The van der Waals surface area contributed by atoms with E-state index in [2.05, 4.69) is 39.2 Å².